The first-order valence-electron chi connectivity index (χ1n) is 8.87. The molecule has 0 aromatic heterocycles. The molecule has 20 heavy (non-hydrogen) atoms. The fourth-order valence-electron chi connectivity index (χ4n) is 3.73. The summed E-state index contributed by atoms with van der Waals surface area (Å²) in [5.41, 5.74) is 6.95. The Morgan fingerprint density at radius 1 is 1.05 bits per heavy atom. The normalized spacial score (nSPS) is 27.9. The van der Waals surface area contributed by atoms with Gasteiger partial charge in [-0.1, -0.05) is 85.0 Å². The van der Waals surface area contributed by atoms with Crippen molar-refractivity contribution >= 4 is 12.4 Å². The average molecular weight is 304 g/mol. The van der Waals surface area contributed by atoms with E-state index >= 15 is 0 Å². The Bertz CT molecular complexity index is 231. The van der Waals surface area contributed by atoms with E-state index in [1.807, 2.05) is 0 Å². The van der Waals surface area contributed by atoms with Gasteiger partial charge in [-0.15, -0.1) is 12.4 Å². The van der Waals surface area contributed by atoms with Crippen LogP contribution in [0.3, 0.4) is 0 Å². The Labute approximate surface area is 133 Å². The van der Waals surface area contributed by atoms with Gasteiger partial charge in [0.2, 0.25) is 0 Å². The van der Waals surface area contributed by atoms with Crippen LogP contribution in [-0.4, -0.2) is 6.04 Å². The fourth-order valence-corrected chi connectivity index (χ4v) is 3.73. The summed E-state index contributed by atoms with van der Waals surface area (Å²) in [4.78, 5) is 0. The van der Waals surface area contributed by atoms with Crippen LogP contribution in [0.5, 0.6) is 0 Å². The van der Waals surface area contributed by atoms with E-state index in [-0.39, 0.29) is 12.4 Å². The van der Waals surface area contributed by atoms with E-state index in [4.69, 9.17) is 5.73 Å². The molecule has 1 aliphatic rings. The Morgan fingerprint density at radius 2 is 1.65 bits per heavy atom. The molecule has 1 rings (SSSR count). The van der Waals surface area contributed by atoms with Crippen molar-refractivity contribution in [3.05, 3.63) is 0 Å². The summed E-state index contributed by atoms with van der Waals surface area (Å²) in [5, 5.41) is 0. The summed E-state index contributed by atoms with van der Waals surface area (Å²) in [6.07, 6.45) is 16.6. The van der Waals surface area contributed by atoms with Crippen molar-refractivity contribution in [3.63, 3.8) is 0 Å². The van der Waals surface area contributed by atoms with Gasteiger partial charge in [0, 0.05) is 6.04 Å². The van der Waals surface area contributed by atoms with Gasteiger partial charge < -0.3 is 5.73 Å². The standard InChI is InChI=1S/C18H37N.ClH/c1-4-5-6-7-8-9-10-14-17(19)18(3)15-12-11-13-16(18)2;/h16-17H,4-15,19H2,1-3H3;1H. The number of hydrogen-bond donors (Lipinski definition) is 1. The number of nitrogens with two attached hydrogens (primary N) is 1. The topological polar surface area (TPSA) is 26.0 Å². The van der Waals surface area contributed by atoms with Crippen molar-refractivity contribution in [2.45, 2.75) is 104 Å². The lowest BCUT2D eigenvalue weighted by Gasteiger charge is -2.44. The molecular weight excluding hydrogens is 266 g/mol. The summed E-state index contributed by atoms with van der Waals surface area (Å²) < 4.78 is 0. The first kappa shape index (κ1) is 20.2. The molecule has 3 atom stereocenters. The van der Waals surface area contributed by atoms with Crippen LogP contribution in [0.25, 0.3) is 0 Å². The van der Waals surface area contributed by atoms with Crippen molar-refractivity contribution in [2.24, 2.45) is 17.1 Å². The van der Waals surface area contributed by atoms with Crippen molar-refractivity contribution in [3.8, 4) is 0 Å². The Morgan fingerprint density at radius 3 is 2.25 bits per heavy atom. The van der Waals surface area contributed by atoms with E-state index in [1.54, 1.807) is 0 Å². The SMILES string of the molecule is CCCCCCCCCC(N)C1(C)CCCCC1C.Cl. The van der Waals surface area contributed by atoms with E-state index < -0.39 is 0 Å². The van der Waals surface area contributed by atoms with Gasteiger partial charge in [-0.05, 0) is 24.2 Å². The van der Waals surface area contributed by atoms with E-state index in [0.29, 0.717) is 11.5 Å². The molecule has 2 N–H and O–H groups in total. The Kier molecular flexibility index (Phi) is 11.0. The summed E-state index contributed by atoms with van der Waals surface area (Å²) in [6, 6.07) is 0.429. The molecule has 0 bridgehead atoms. The second kappa shape index (κ2) is 10.9. The summed E-state index contributed by atoms with van der Waals surface area (Å²) in [5.74, 6) is 0.820. The van der Waals surface area contributed by atoms with Gasteiger partial charge in [0.1, 0.15) is 0 Å². The summed E-state index contributed by atoms with van der Waals surface area (Å²) in [7, 11) is 0. The molecule has 0 amide bonds. The molecule has 1 nitrogen and oxygen atoms in total. The van der Waals surface area contributed by atoms with Gasteiger partial charge in [0.05, 0.1) is 0 Å². The maximum Gasteiger partial charge on any atom is 0.00954 e. The average Bonchev–Trinajstić information content (AvgIpc) is 2.41. The maximum atomic E-state index is 6.54. The zero-order chi connectivity index (χ0) is 14.1. The molecule has 0 aromatic carbocycles. The van der Waals surface area contributed by atoms with Gasteiger partial charge in [0.25, 0.3) is 0 Å². The number of rotatable bonds is 9. The van der Waals surface area contributed by atoms with Crippen molar-refractivity contribution < 1.29 is 0 Å². The van der Waals surface area contributed by atoms with Gasteiger partial charge in [-0.2, -0.15) is 0 Å². The molecule has 3 unspecified atom stereocenters. The van der Waals surface area contributed by atoms with Gasteiger partial charge >= 0.3 is 0 Å². The lowest BCUT2D eigenvalue weighted by molar-refractivity contribution is 0.0896. The third kappa shape index (κ3) is 6.35. The minimum atomic E-state index is 0. The Hall–Kier alpha value is 0.250. The highest BCUT2D eigenvalue weighted by Gasteiger charge is 2.38. The highest BCUT2D eigenvalue weighted by atomic mass is 35.5. The second-order valence-corrected chi connectivity index (χ2v) is 7.17. The minimum absolute atomic E-state index is 0. The van der Waals surface area contributed by atoms with Crippen molar-refractivity contribution in [2.75, 3.05) is 0 Å². The molecule has 122 valence electrons. The third-order valence-corrected chi connectivity index (χ3v) is 5.69. The molecule has 0 aliphatic heterocycles. The van der Waals surface area contributed by atoms with E-state index in [1.165, 1.54) is 77.0 Å². The molecular formula is C18H38ClN. The monoisotopic (exact) mass is 303 g/mol. The van der Waals surface area contributed by atoms with Crippen LogP contribution in [0.1, 0.15) is 97.8 Å². The Balaban J connectivity index is 0.00000361. The van der Waals surface area contributed by atoms with Crippen LogP contribution in [0.4, 0.5) is 0 Å². The van der Waals surface area contributed by atoms with E-state index in [2.05, 4.69) is 20.8 Å². The smallest absolute Gasteiger partial charge is 0.00954 e. The van der Waals surface area contributed by atoms with Gasteiger partial charge in [-0.25, -0.2) is 0 Å². The predicted molar refractivity (Wildman–Crippen MR) is 93.6 cm³/mol. The van der Waals surface area contributed by atoms with Crippen LogP contribution < -0.4 is 5.73 Å². The first-order chi connectivity index (χ1) is 9.11. The van der Waals surface area contributed by atoms with Crippen LogP contribution in [0.2, 0.25) is 0 Å². The van der Waals surface area contributed by atoms with Crippen LogP contribution >= 0.6 is 12.4 Å². The lowest BCUT2D eigenvalue weighted by atomic mass is 9.63. The second-order valence-electron chi connectivity index (χ2n) is 7.17. The molecule has 0 spiro atoms. The number of unbranched alkanes of at least 4 members (excludes halogenated alkanes) is 6. The van der Waals surface area contributed by atoms with Gasteiger partial charge in [0.15, 0.2) is 0 Å². The van der Waals surface area contributed by atoms with E-state index in [0.717, 1.165) is 5.92 Å². The molecule has 1 saturated carbocycles. The summed E-state index contributed by atoms with van der Waals surface area (Å²) >= 11 is 0. The highest BCUT2D eigenvalue weighted by molar-refractivity contribution is 5.85. The fraction of sp³-hybridized carbons (Fsp3) is 1.00. The lowest BCUT2D eigenvalue weighted by Crippen LogP contribution is -2.45. The van der Waals surface area contributed by atoms with Crippen LogP contribution in [0.15, 0.2) is 0 Å². The number of halogens is 1. The van der Waals surface area contributed by atoms with Crippen LogP contribution in [-0.2, 0) is 0 Å². The zero-order valence-electron chi connectivity index (χ0n) is 14.1. The van der Waals surface area contributed by atoms with Crippen molar-refractivity contribution in [1.82, 2.24) is 0 Å². The molecule has 1 aliphatic carbocycles. The molecule has 1 fully saturated rings. The molecule has 2 heteroatoms. The van der Waals surface area contributed by atoms with Crippen molar-refractivity contribution in [1.29, 1.82) is 0 Å². The molecule has 0 saturated heterocycles. The molecule has 0 aromatic rings. The summed E-state index contributed by atoms with van der Waals surface area (Å²) in [6.45, 7) is 7.15. The molecule has 0 heterocycles. The quantitative estimate of drug-likeness (QED) is 0.512. The minimum Gasteiger partial charge on any atom is -0.327 e. The third-order valence-electron chi connectivity index (χ3n) is 5.69. The number of hydrogen-bond acceptors (Lipinski definition) is 1. The predicted octanol–water partition coefficient (Wildman–Crippen LogP) is 6.09. The first-order valence-corrected chi connectivity index (χ1v) is 8.87. The zero-order valence-corrected chi connectivity index (χ0v) is 14.9. The van der Waals surface area contributed by atoms with Crippen LogP contribution in [0, 0.1) is 11.3 Å². The highest BCUT2D eigenvalue weighted by Crippen LogP contribution is 2.43. The molecule has 0 radical (unpaired) electrons. The maximum absolute atomic E-state index is 6.54. The van der Waals surface area contributed by atoms with Gasteiger partial charge in [-0.3, -0.25) is 0 Å². The largest absolute Gasteiger partial charge is 0.327 e. The van der Waals surface area contributed by atoms with E-state index in [9.17, 15) is 0 Å².